The first-order valence-corrected chi connectivity index (χ1v) is 19.3. The van der Waals surface area contributed by atoms with Crippen LogP contribution in [0.25, 0.3) is 0 Å². The number of nitrogens with zero attached hydrogens (tertiary/aromatic N) is 8. The van der Waals surface area contributed by atoms with Crippen molar-refractivity contribution in [1.29, 1.82) is 0 Å². The van der Waals surface area contributed by atoms with E-state index in [1.807, 2.05) is 12.4 Å². The second-order valence-electron chi connectivity index (χ2n) is 16.6. The summed E-state index contributed by atoms with van der Waals surface area (Å²) in [6.07, 6.45) is 3.62. The summed E-state index contributed by atoms with van der Waals surface area (Å²) in [4.78, 5) is 31.4. The fourth-order valence-electron chi connectivity index (χ4n) is 9.90. The molecule has 4 aliphatic rings. The molecule has 0 bridgehead atoms. The Hall–Kier alpha value is -5.76. The van der Waals surface area contributed by atoms with Gasteiger partial charge in [-0.3, -0.25) is 0 Å². The van der Waals surface area contributed by atoms with Gasteiger partial charge in [-0.05, 0) is 59.4 Å². The van der Waals surface area contributed by atoms with Crippen LogP contribution in [0.3, 0.4) is 0 Å². The van der Waals surface area contributed by atoms with Gasteiger partial charge in [-0.25, -0.2) is 19.9 Å². The molecular weight excluding hydrogens is 665 g/mol. The Morgan fingerprint density at radius 2 is 1.02 bits per heavy atom. The maximum Gasteiger partial charge on any atom is 0.178 e. The number of aromatic nitrogens is 4. The summed E-state index contributed by atoms with van der Waals surface area (Å²) >= 11 is 0. The molecule has 6 aromatic rings. The quantitative estimate of drug-likeness (QED) is 0.175. The van der Waals surface area contributed by atoms with Crippen molar-refractivity contribution in [2.45, 2.75) is 84.0 Å². The molecule has 6 heterocycles. The van der Waals surface area contributed by atoms with Crippen molar-refractivity contribution in [2.75, 3.05) is 19.6 Å². The summed E-state index contributed by atoms with van der Waals surface area (Å²) < 4.78 is 0. The lowest BCUT2D eigenvalue weighted by molar-refractivity contribution is 0.0765. The zero-order valence-electron chi connectivity index (χ0n) is 32.0. The Morgan fingerprint density at radius 1 is 0.519 bits per heavy atom. The Labute approximate surface area is 318 Å². The average Bonchev–Trinajstić information content (AvgIpc) is 3.83. The van der Waals surface area contributed by atoms with Crippen LogP contribution in [-0.2, 0) is 5.41 Å². The molecule has 270 valence electrons. The van der Waals surface area contributed by atoms with Crippen LogP contribution in [0.15, 0.2) is 122 Å². The van der Waals surface area contributed by atoms with Gasteiger partial charge in [-0.1, -0.05) is 121 Å². The highest BCUT2D eigenvalue weighted by Crippen LogP contribution is 2.70. The number of para-hydroxylation sites is 4. The summed E-state index contributed by atoms with van der Waals surface area (Å²) in [5.74, 6) is 4.05. The highest BCUT2D eigenvalue weighted by Gasteiger charge is 2.69. The highest BCUT2D eigenvalue weighted by molar-refractivity contribution is 5.91. The zero-order valence-corrected chi connectivity index (χ0v) is 32.0. The zero-order chi connectivity index (χ0) is 37.1. The third kappa shape index (κ3) is 4.25. The Kier molecular flexibility index (Phi) is 7.07. The van der Waals surface area contributed by atoms with Gasteiger partial charge in [0, 0.05) is 39.5 Å². The van der Waals surface area contributed by atoms with E-state index < -0.39 is 5.41 Å². The molecule has 2 aromatic heterocycles. The molecule has 0 saturated carbocycles. The second kappa shape index (κ2) is 11.6. The largest absolute Gasteiger partial charge is 0.301 e. The van der Waals surface area contributed by atoms with Crippen molar-refractivity contribution in [3.63, 3.8) is 0 Å². The SMILES string of the molecule is CC(C)c1cnc2c(n1)N(c1ccccc1)C1C(C3(C)C4N(c5ccccc5)c5ncc(C(C)C)nc5N4c4ccccc4C3(C)C)c3ccccc3N21. The fraction of sp³-hybridized carbons (Fsp3) is 0.304. The van der Waals surface area contributed by atoms with Gasteiger partial charge < -0.3 is 19.6 Å². The van der Waals surface area contributed by atoms with Crippen LogP contribution in [0.4, 0.5) is 46.0 Å². The molecule has 54 heavy (non-hydrogen) atoms. The van der Waals surface area contributed by atoms with E-state index in [2.05, 4.69) is 177 Å². The molecule has 0 fully saturated rings. The van der Waals surface area contributed by atoms with Crippen molar-refractivity contribution < 1.29 is 0 Å². The molecule has 10 rings (SSSR count). The van der Waals surface area contributed by atoms with E-state index in [0.29, 0.717) is 0 Å². The van der Waals surface area contributed by atoms with Crippen molar-refractivity contribution in [3.8, 4) is 0 Å². The van der Waals surface area contributed by atoms with E-state index in [4.69, 9.17) is 19.9 Å². The Balaban J connectivity index is 1.29. The first-order valence-electron chi connectivity index (χ1n) is 19.3. The van der Waals surface area contributed by atoms with Gasteiger partial charge in [0.15, 0.2) is 23.3 Å². The molecule has 4 aliphatic heterocycles. The summed E-state index contributed by atoms with van der Waals surface area (Å²) in [7, 11) is 0. The minimum Gasteiger partial charge on any atom is -0.301 e. The smallest absolute Gasteiger partial charge is 0.178 e. The number of fused-ring (bicyclic) bond motifs is 10. The second-order valence-corrected chi connectivity index (χ2v) is 16.6. The van der Waals surface area contributed by atoms with Crippen molar-refractivity contribution >= 4 is 46.0 Å². The van der Waals surface area contributed by atoms with E-state index >= 15 is 0 Å². The normalized spacial score (nSPS) is 22.9. The first kappa shape index (κ1) is 32.9. The number of hydrogen-bond acceptors (Lipinski definition) is 8. The lowest BCUT2D eigenvalue weighted by Gasteiger charge is -2.61. The lowest BCUT2D eigenvalue weighted by Crippen LogP contribution is -2.66. The summed E-state index contributed by atoms with van der Waals surface area (Å²) in [5.41, 5.74) is 8.33. The minimum atomic E-state index is -0.483. The van der Waals surface area contributed by atoms with E-state index in [1.165, 1.54) is 22.5 Å². The van der Waals surface area contributed by atoms with E-state index in [-0.39, 0.29) is 35.5 Å². The first-order chi connectivity index (χ1) is 26.1. The molecule has 0 aliphatic carbocycles. The molecule has 0 radical (unpaired) electrons. The van der Waals surface area contributed by atoms with Crippen LogP contribution < -0.4 is 19.6 Å². The third-order valence-electron chi connectivity index (χ3n) is 12.9. The summed E-state index contributed by atoms with van der Waals surface area (Å²) in [6, 6.07) is 39.6. The highest BCUT2D eigenvalue weighted by atomic mass is 15.5. The standard InChI is InChI=1S/C46H46N8/c1-28(2)34-27-48-40-41(49-34)51(30-18-10-8-11-19-30)43-38(32-22-14-16-24-36(32)53(40)43)46(7)44-52(31-20-12-9-13-21-31)39-42(50-35(26-47-39)29(3)4)54(44)37-25-17-15-23-33(37)45(46,5)6/h8-29,38,43-44H,1-7H3. The maximum absolute atomic E-state index is 5.46. The van der Waals surface area contributed by atoms with Crippen LogP contribution in [0.1, 0.15) is 88.7 Å². The molecule has 4 atom stereocenters. The van der Waals surface area contributed by atoms with Gasteiger partial charge in [-0.15, -0.1) is 0 Å². The van der Waals surface area contributed by atoms with Gasteiger partial charge in [0.1, 0.15) is 12.3 Å². The Morgan fingerprint density at radius 3 is 1.63 bits per heavy atom. The molecule has 0 N–H and O–H groups in total. The average molecular weight is 711 g/mol. The monoisotopic (exact) mass is 710 g/mol. The van der Waals surface area contributed by atoms with E-state index in [9.17, 15) is 0 Å². The van der Waals surface area contributed by atoms with Crippen LogP contribution in [0, 0.1) is 5.41 Å². The molecule has 8 nitrogen and oxygen atoms in total. The molecule has 4 aromatic carbocycles. The topological polar surface area (TPSA) is 64.5 Å². The van der Waals surface area contributed by atoms with Gasteiger partial charge >= 0.3 is 0 Å². The van der Waals surface area contributed by atoms with Crippen LogP contribution in [-0.4, -0.2) is 32.3 Å². The third-order valence-corrected chi connectivity index (χ3v) is 12.9. The molecule has 0 amide bonds. The summed E-state index contributed by atoms with van der Waals surface area (Å²) in [6.45, 7) is 16.2. The van der Waals surface area contributed by atoms with Crippen LogP contribution >= 0.6 is 0 Å². The van der Waals surface area contributed by atoms with Gasteiger partial charge in [0.2, 0.25) is 0 Å². The van der Waals surface area contributed by atoms with Gasteiger partial charge in [-0.2, -0.15) is 0 Å². The van der Waals surface area contributed by atoms with Crippen LogP contribution in [0.5, 0.6) is 0 Å². The van der Waals surface area contributed by atoms with Gasteiger partial charge in [0.25, 0.3) is 0 Å². The molecule has 8 heteroatoms. The molecule has 4 unspecified atom stereocenters. The van der Waals surface area contributed by atoms with Crippen molar-refractivity contribution in [3.05, 3.63) is 144 Å². The molecule has 0 spiro atoms. The summed E-state index contributed by atoms with van der Waals surface area (Å²) in [5, 5.41) is 0. The van der Waals surface area contributed by atoms with E-state index in [0.717, 1.165) is 46.0 Å². The number of anilines is 8. The fourth-order valence-corrected chi connectivity index (χ4v) is 9.90. The number of rotatable bonds is 5. The Bertz CT molecular complexity index is 2410. The number of benzene rings is 4. The van der Waals surface area contributed by atoms with Gasteiger partial charge in [0.05, 0.1) is 23.8 Å². The van der Waals surface area contributed by atoms with Crippen molar-refractivity contribution in [1.82, 2.24) is 19.9 Å². The predicted octanol–water partition coefficient (Wildman–Crippen LogP) is 10.8. The minimum absolute atomic E-state index is 0.0339. The van der Waals surface area contributed by atoms with Crippen LogP contribution in [0.2, 0.25) is 0 Å². The molecule has 0 saturated heterocycles. The molecular formula is C46H46N8. The predicted molar refractivity (Wildman–Crippen MR) is 218 cm³/mol. The maximum atomic E-state index is 5.46. The number of hydrogen-bond donors (Lipinski definition) is 0. The van der Waals surface area contributed by atoms with Crippen molar-refractivity contribution in [2.24, 2.45) is 5.41 Å². The lowest BCUT2D eigenvalue weighted by atomic mass is 9.51. The van der Waals surface area contributed by atoms with E-state index in [1.54, 1.807) is 0 Å².